The van der Waals surface area contributed by atoms with Crippen LogP contribution >= 0.6 is 11.3 Å². The van der Waals surface area contributed by atoms with Crippen LogP contribution in [0.3, 0.4) is 0 Å². The van der Waals surface area contributed by atoms with Crippen LogP contribution in [-0.4, -0.2) is 0 Å². The zero-order valence-electron chi connectivity index (χ0n) is 12.1. The molecule has 1 N–H and O–H groups in total. The minimum Gasteiger partial charge on any atom is -0.465 e. The van der Waals surface area contributed by atoms with Crippen LogP contribution in [0.25, 0.3) is 0 Å². The first-order valence-electron chi connectivity index (χ1n) is 7.26. The number of hydrogen-bond donors (Lipinski definition) is 1. The molecular formula is C18H19NOS. The van der Waals surface area contributed by atoms with Crippen LogP contribution in [0.5, 0.6) is 0 Å². The van der Waals surface area contributed by atoms with Crippen LogP contribution in [0.4, 0.5) is 0 Å². The summed E-state index contributed by atoms with van der Waals surface area (Å²) in [4.78, 5) is 1.32. The molecular weight excluding hydrogens is 278 g/mol. The van der Waals surface area contributed by atoms with Crippen LogP contribution in [0.1, 0.15) is 34.9 Å². The van der Waals surface area contributed by atoms with Crippen molar-refractivity contribution in [3.05, 3.63) is 81.9 Å². The van der Waals surface area contributed by atoms with E-state index >= 15 is 0 Å². The first-order valence-corrected chi connectivity index (χ1v) is 8.14. The molecule has 0 aliphatic rings. The van der Waals surface area contributed by atoms with Crippen LogP contribution in [0, 0.1) is 0 Å². The van der Waals surface area contributed by atoms with Crippen molar-refractivity contribution in [1.82, 2.24) is 5.32 Å². The molecule has 0 saturated heterocycles. The number of benzene rings is 1. The molecule has 21 heavy (non-hydrogen) atoms. The van der Waals surface area contributed by atoms with Crippen LogP contribution in [0.2, 0.25) is 0 Å². The van der Waals surface area contributed by atoms with Crippen molar-refractivity contribution in [1.29, 1.82) is 0 Å². The van der Waals surface area contributed by atoms with E-state index in [4.69, 9.17) is 4.42 Å². The monoisotopic (exact) mass is 297 g/mol. The van der Waals surface area contributed by atoms with Gasteiger partial charge in [-0.1, -0.05) is 43.3 Å². The average molecular weight is 297 g/mol. The molecule has 2 heterocycles. The lowest BCUT2D eigenvalue weighted by molar-refractivity contribution is 0.441. The van der Waals surface area contributed by atoms with Gasteiger partial charge in [0.1, 0.15) is 11.5 Å². The second-order valence-electron chi connectivity index (χ2n) is 4.96. The lowest BCUT2D eigenvalue weighted by Crippen LogP contribution is -2.20. The summed E-state index contributed by atoms with van der Waals surface area (Å²) in [7, 11) is 0. The Labute approximate surface area is 129 Å². The van der Waals surface area contributed by atoms with Gasteiger partial charge in [0.15, 0.2) is 0 Å². The van der Waals surface area contributed by atoms with Gasteiger partial charge in [0.05, 0.1) is 12.6 Å². The predicted octanol–water partition coefficient (Wildman–Crippen LogP) is 4.78. The standard InChI is InChI=1S/C18H19NOS/c1-2-15-10-11-16(20-15)13-19-18(17-9-6-12-21-17)14-7-4-3-5-8-14/h3-12,18-19H,2,13H2,1H3. The molecule has 0 bridgehead atoms. The van der Waals surface area contributed by atoms with E-state index in [1.807, 2.05) is 0 Å². The van der Waals surface area contributed by atoms with E-state index in [0.29, 0.717) is 0 Å². The zero-order valence-corrected chi connectivity index (χ0v) is 12.9. The van der Waals surface area contributed by atoms with Gasteiger partial charge in [0, 0.05) is 11.3 Å². The van der Waals surface area contributed by atoms with E-state index < -0.39 is 0 Å². The molecule has 2 nitrogen and oxygen atoms in total. The Morgan fingerprint density at radius 3 is 2.48 bits per heavy atom. The first kappa shape index (κ1) is 14.1. The molecule has 0 spiro atoms. The van der Waals surface area contributed by atoms with E-state index in [2.05, 4.69) is 72.2 Å². The fourth-order valence-electron chi connectivity index (χ4n) is 2.39. The van der Waals surface area contributed by atoms with E-state index in [1.165, 1.54) is 10.4 Å². The second-order valence-corrected chi connectivity index (χ2v) is 5.94. The summed E-state index contributed by atoms with van der Waals surface area (Å²) in [6.07, 6.45) is 0.938. The first-order chi connectivity index (χ1) is 10.4. The molecule has 0 fully saturated rings. The molecule has 0 amide bonds. The fourth-order valence-corrected chi connectivity index (χ4v) is 3.22. The van der Waals surface area contributed by atoms with Gasteiger partial charge < -0.3 is 4.42 Å². The highest BCUT2D eigenvalue weighted by Crippen LogP contribution is 2.26. The average Bonchev–Trinajstić information content (AvgIpc) is 3.20. The van der Waals surface area contributed by atoms with Gasteiger partial charge in [-0.2, -0.15) is 0 Å². The molecule has 3 heteroatoms. The summed E-state index contributed by atoms with van der Waals surface area (Å²) < 4.78 is 5.78. The second kappa shape index (κ2) is 6.74. The van der Waals surface area contributed by atoms with E-state index in [0.717, 1.165) is 24.5 Å². The van der Waals surface area contributed by atoms with Gasteiger partial charge in [-0.3, -0.25) is 5.32 Å². The summed E-state index contributed by atoms with van der Waals surface area (Å²) in [5.74, 6) is 2.03. The highest BCUT2D eigenvalue weighted by molar-refractivity contribution is 7.10. The fraction of sp³-hybridized carbons (Fsp3) is 0.222. The van der Waals surface area contributed by atoms with Crippen molar-refractivity contribution in [3.8, 4) is 0 Å². The summed E-state index contributed by atoms with van der Waals surface area (Å²) in [6, 6.07) is 19.1. The zero-order chi connectivity index (χ0) is 14.5. The quantitative estimate of drug-likeness (QED) is 0.708. The Kier molecular flexibility index (Phi) is 4.53. The van der Waals surface area contributed by atoms with Gasteiger partial charge in [-0.25, -0.2) is 0 Å². The maximum Gasteiger partial charge on any atom is 0.117 e. The number of nitrogens with one attached hydrogen (secondary N) is 1. The summed E-state index contributed by atoms with van der Waals surface area (Å²) in [6.45, 7) is 2.84. The van der Waals surface area contributed by atoms with E-state index in [-0.39, 0.29) is 6.04 Å². The van der Waals surface area contributed by atoms with Gasteiger partial charge in [0.25, 0.3) is 0 Å². The molecule has 3 rings (SSSR count). The van der Waals surface area contributed by atoms with Crippen LogP contribution < -0.4 is 5.32 Å². The molecule has 0 aliphatic heterocycles. The highest BCUT2D eigenvalue weighted by Gasteiger charge is 2.15. The third-order valence-electron chi connectivity index (χ3n) is 3.51. The Hall–Kier alpha value is -1.84. The van der Waals surface area contributed by atoms with Crippen molar-refractivity contribution in [2.24, 2.45) is 0 Å². The third kappa shape index (κ3) is 3.43. The van der Waals surface area contributed by atoms with Crippen LogP contribution in [0.15, 0.2) is 64.4 Å². The molecule has 0 saturated carbocycles. The normalized spacial score (nSPS) is 12.4. The SMILES string of the molecule is CCc1ccc(CNC(c2ccccc2)c2cccs2)o1. The lowest BCUT2D eigenvalue weighted by atomic mass is 10.1. The summed E-state index contributed by atoms with van der Waals surface area (Å²) in [5.41, 5.74) is 1.28. The minimum atomic E-state index is 0.210. The number of furan rings is 1. The smallest absolute Gasteiger partial charge is 0.117 e. The number of rotatable bonds is 6. The van der Waals surface area contributed by atoms with Crippen LogP contribution in [-0.2, 0) is 13.0 Å². The number of hydrogen-bond acceptors (Lipinski definition) is 3. The Balaban J connectivity index is 1.77. The molecule has 1 atom stereocenters. The molecule has 1 aromatic carbocycles. The van der Waals surface area contributed by atoms with Gasteiger partial charge >= 0.3 is 0 Å². The number of thiophene rings is 1. The van der Waals surface area contributed by atoms with Gasteiger partial charge in [-0.15, -0.1) is 11.3 Å². The Morgan fingerprint density at radius 2 is 1.81 bits per heavy atom. The van der Waals surface area contributed by atoms with Gasteiger partial charge in [0.2, 0.25) is 0 Å². The van der Waals surface area contributed by atoms with Crippen molar-refractivity contribution >= 4 is 11.3 Å². The third-order valence-corrected chi connectivity index (χ3v) is 4.44. The van der Waals surface area contributed by atoms with Crippen molar-refractivity contribution < 1.29 is 4.42 Å². The molecule has 3 aromatic rings. The molecule has 108 valence electrons. The van der Waals surface area contributed by atoms with Crippen molar-refractivity contribution in [2.45, 2.75) is 25.9 Å². The number of aryl methyl sites for hydroxylation is 1. The maximum absolute atomic E-state index is 5.78. The molecule has 0 radical (unpaired) electrons. The summed E-state index contributed by atoms with van der Waals surface area (Å²) in [5, 5.41) is 5.73. The van der Waals surface area contributed by atoms with Crippen molar-refractivity contribution in [3.63, 3.8) is 0 Å². The summed E-state index contributed by atoms with van der Waals surface area (Å²) >= 11 is 1.78. The predicted molar refractivity (Wildman–Crippen MR) is 87.5 cm³/mol. The topological polar surface area (TPSA) is 25.2 Å². The maximum atomic E-state index is 5.78. The molecule has 0 aliphatic carbocycles. The minimum absolute atomic E-state index is 0.210. The van der Waals surface area contributed by atoms with Gasteiger partial charge in [-0.05, 0) is 29.1 Å². The molecule has 2 aromatic heterocycles. The Morgan fingerprint density at radius 1 is 1.00 bits per heavy atom. The van der Waals surface area contributed by atoms with E-state index in [1.54, 1.807) is 11.3 Å². The largest absolute Gasteiger partial charge is 0.465 e. The van der Waals surface area contributed by atoms with E-state index in [9.17, 15) is 0 Å². The van der Waals surface area contributed by atoms with Crippen molar-refractivity contribution in [2.75, 3.05) is 0 Å². The highest BCUT2D eigenvalue weighted by atomic mass is 32.1. The lowest BCUT2D eigenvalue weighted by Gasteiger charge is -2.17. The molecule has 1 unspecified atom stereocenters. The Bertz CT molecular complexity index is 658.